The number of aromatic nitrogens is 1. The molecule has 2 aromatic rings. The van der Waals surface area contributed by atoms with Crippen LogP contribution in [0.4, 0.5) is 10.2 Å². The third-order valence-electron chi connectivity index (χ3n) is 5.57. The molecular weight excluding hydrogens is 397 g/mol. The largest absolute Gasteiger partial charge is 0.494 e. The van der Waals surface area contributed by atoms with Crippen molar-refractivity contribution in [3.63, 3.8) is 0 Å². The maximum Gasteiger partial charge on any atom is 0.306 e. The van der Waals surface area contributed by atoms with Crippen LogP contribution in [-0.2, 0) is 16.0 Å². The molecule has 1 aliphatic carbocycles. The summed E-state index contributed by atoms with van der Waals surface area (Å²) in [5, 5.41) is 8.98. The normalized spacial score (nSPS) is 14.6. The molecule has 3 rings (SSSR count). The lowest BCUT2D eigenvalue weighted by atomic mass is 9.98. The van der Waals surface area contributed by atoms with E-state index in [2.05, 4.69) is 11.1 Å². The van der Waals surface area contributed by atoms with Gasteiger partial charge in [-0.25, -0.2) is 9.37 Å². The van der Waals surface area contributed by atoms with Crippen LogP contribution in [-0.4, -0.2) is 37.8 Å². The molecule has 0 aliphatic heterocycles. The summed E-state index contributed by atoms with van der Waals surface area (Å²) in [6.07, 6.45) is 3.00. The number of esters is 1. The minimum absolute atomic E-state index is 0.145. The number of pyridine rings is 1. The van der Waals surface area contributed by atoms with Gasteiger partial charge in [0.15, 0.2) is 11.6 Å². The van der Waals surface area contributed by atoms with E-state index in [9.17, 15) is 9.18 Å². The molecule has 1 atom stereocenters. The summed E-state index contributed by atoms with van der Waals surface area (Å²) in [4.78, 5) is 17.7. The first-order valence-electron chi connectivity index (χ1n) is 10.6. The SMILES string of the molecule is CCOC(=O)C[C@@H]1CCc2cc(OCCCN(C)c3nc(C)c(C#N)cc3F)ccc21. The fourth-order valence-electron chi connectivity index (χ4n) is 3.95. The molecule has 1 aliphatic rings. The third-order valence-corrected chi connectivity index (χ3v) is 5.57. The Bertz CT molecular complexity index is 987. The first-order valence-corrected chi connectivity index (χ1v) is 10.6. The number of ether oxygens (including phenoxy) is 2. The molecule has 1 aromatic carbocycles. The summed E-state index contributed by atoms with van der Waals surface area (Å²) >= 11 is 0. The summed E-state index contributed by atoms with van der Waals surface area (Å²) in [7, 11) is 1.77. The predicted octanol–water partition coefficient (Wildman–Crippen LogP) is 4.29. The molecular formula is C24H28FN3O3. The zero-order valence-electron chi connectivity index (χ0n) is 18.3. The van der Waals surface area contributed by atoms with E-state index in [-0.39, 0.29) is 23.3 Å². The number of halogens is 1. The molecule has 0 saturated heterocycles. The van der Waals surface area contributed by atoms with Crippen LogP contribution in [0.5, 0.6) is 5.75 Å². The van der Waals surface area contributed by atoms with Crippen molar-refractivity contribution in [3.8, 4) is 11.8 Å². The molecule has 0 unspecified atom stereocenters. The van der Waals surface area contributed by atoms with E-state index < -0.39 is 5.82 Å². The minimum atomic E-state index is -0.499. The Morgan fingerprint density at radius 1 is 1.39 bits per heavy atom. The number of nitrogens with zero attached hydrogens (tertiary/aromatic N) is 3. The van der Waals surface area contributed by atoms with Gasteiger partial charge < -0.3 is 14.4 Å². The van der Waals surface area contributed by atoms with Crippen LogP contribution in [0.25, 0.3) is 0 Å². The number of carbonyl (C=O) groups is 1. The summed E-state index contributed by atoms with van der Waals surface area (Å²) in [5.41, 5.74) is 3.20. The van der Waals surface area contributed by atoms with Crippen molar-refractivity contribution in [2.24, 2.45) is 0 Å². The van der Waals surface area contributed by atoms with E-state index in [1.165, 1.54) is 17.2 Å². The van der Waals surface area contributed by atoms with Gasteiger partial charge in [-0.05, 0) is 68.4 Å². The maximum absolute atomic E-state index is 14.2. The van der Waals surface area contributed by atoms with Crippen LogP contribution >= 0.6 is 0 Å². The number of nitriles is 1. The minimum Gasteiger partial charge on any atom is -0.494 e. The monoisotopic (exact) mass is 425 g/mol. The first kappa shape index (κ1) is 22.5. The first-order chi connectivity index (χ1) is 14.9. The highest BCUT2D eigenvalue weighted by molar-refractivity contribution is 5.71. The summed E-state index contributed by atoms with van der Waals surface area (Å²) in [6, 6.07) is 9.21. The van der Waals surface area contributed by atoms with Gasteiger partial charge in [0.25, 0.3) is 0 Å². The number of hydrogen-bond acceptors (Lipinski definition) is 6. The second-order valence-corrected chi connectivity index (χ2v) is 7.77. The number of rotatable bonds is 9. The Labute approximate surface area is 182 Å². The Kier molecular flexibility index (Phi) is 7.45. The van der Waals surface area contributed by atoms with E-state index in [0.717, 1.165) is 18.6 Å². The lowest BCUT2D eigenvalue weighted by molar-refractivity contribution is -0.143. The fraction of sp³-hybridized carbons (Fsp3) is 0.458. The van der Waals surface area contributed by atoms with E-state index in [1.54, 1.807) is 18.9 Å². The highest BCUT2D eigenvalue weighted by Crippen LogP contribution is 2.37. The van der Waals surface area contributed by atoms with Gasteiger partial charge in [0, 0.05) is 13.6 Å². The number of hydrogen-bond donors (Lipinski definition) is 0. The molecule has 0 saturated carbocycles. The van der Waals surface area contributed by atoms with Crippen molar-refractivity contribution < 1.29 is 18.7 Å². The predicted molar refractivity (Wildman–Crippen MR) is 116 cm³/mol. The van der Waals surface area contributed by atoms with E-state index >= 15 is 0 Å². The number of fused-ring (bicyclic) bond motifs is 1. The van der Waals surface area contributed by atoms with Crippen molar-refractivity contribution in [1.82, 2.24) is 4.98 Å². The van der Waals surface area contributed by atoms with Crippen LogP contribution in [0.15, 0.2) is 24.3 Å². The van der Waals surface area contributed by atoms with Gasteiger partial charge in [-0.3, -0.25) is 4.79 Å². The highest BCUT2D eigenvalue weighted by Gasteiger charge is 2.25. The lowest BCUT2D eigenvalue weighted by Gasteiger charge is -2.19. The van der Waals surface area contributed by atoms with Gasteiger partial charge in [0.05, 0.1) is 30.9 Å². The average molecular weight is 426 g/mol. The maximum atomic E-state index is 14.2. The third kappa shape index (κ3) is 5.52. The number of carbonyl (C=O) groups excluding carboxylic acids is 1. The molecule has 7 heteroatoms. The zero-order valence-corrected chi connectivity index (χ0v) is 18.3. The summed E-state index contributed by atoms with van der Waals surface area (Å²) < 4.78 is 25.2. The molecule has 0 fully saturated rings. The van der Waals surface area contributed by atoms with Crippen molar-refractivity contribution in [2.45, 2.75) is 45.4 Å². The van der Waals surface area contributed by atoms with E-state index in [4.69, 9.17) is 14.7 Å². The fourth-order valence-corrected chi connectivity index (χ4v) is 3.95. The van der Waals surface area contributed by atoms with Gasteiger partial charge >= 0.3 is 5.97 Å². The molecule has 0 spiro atoms. The topological polar surface area (TPSA) is 75.5 Å². The molecule has 1 heterocycles. The molecule has 0 N–H and O–H groups in total. The van der Waals surface area contributed by atoms with E-state index in [0.29, 0.717) is 38.3 Å². The van der Waals surface area contributed by atoms with Gasteiger partial charge in [0.1, 0.15) is 11.8 Å². The number of benzene rings is 1. The van der Waals surface area contributed by atoms with Crippen LogP contribution in [0, 0.1) is 24.1 Å². The van der Waals surface area contributed by atoms with Crippen molar-refractivity contribution in [1.29, 1.82) is 5.26 Å². The Morgan fingerprint density at radius 2 is 2.19 bits per heavy atom. The summed E-state index contributed by atoms with van der Waals surface area (Å²) in [5.74, 6) is 0.614. The summed E-state index contributed by atoms with van der Waals surface area (Å²) in [6.45, 7) is 4.99. The van der Waals surface area contributed by atoms with Crippen LogP contribution < -0.4 is 9.64 Å². The van der Waals surface area contributed by atoms with Gasteiger partial charge in [-0.1, -0.05) is 6.07 Å². The molecule has 0 radical (unpaired) electrons. The molecule has 31 heavy (non-hydrogen) atoms. The molecule has 164 valence electrons. The zero-order chi connectivity index (χ0) is 22.4. The molecule has 6 nitrogen and oxygen atoms in total. The van der Waals surface area contributed by atoms with Gasteiger partial charge in [-0.15, -0.1) is 0 Å². The second-order valence-electron chi connectivity index (χ2n) is 7.77. The Morgan fingerprint density at radius 3 is 2.94 bits per heavy atom. The molecule has 1 aromatic heterocycles. The van der Waals surface area contributed by atoms with Gasteiger partial charge in [0.2, 0.25) is 0 Å². The number of aryl methyl sites for hydroxylation is 2. The van der Waals surface area contributed by atoms with Crippen LogP contribution in [0.3, 0.4) is 0 Å². The Balaban J connectivity index is 1.50. The molecule has 0 amide bonds. The molecule has 0 bridgehead atoms. The standard InChI is InChI=1S/C24H28FN3O3/c1-4-30-23(29)14-18-7-6-17-12-20(8-9-21(17)18)31-11-5-10-28(3)24-22(25)13-19(15-26)16(2)27-24/h8-9,12-13,18H,4-7,10-11,14H2,1-3H3/t18-/m0/s1. The van der Waals surface area contributed by atoms with Crippen LogP contribution in [0.1, 0.15) is 54.5 Å². The van der Waals surface area contributed by atoms with Crippen molar-refractivity contribution in [3.05, 3.63) is 52.5 Å². The lowest BCUT2D eigenvalue weighted by Crippen LogP contribution is -2.23. The van der Waals surface area contributed by atoms with Crippen molar-refractivity contribution >= 4 is 11.8 Å². The average Bonchev–Trinajstić information content (AvgIpc) is 3.14. The van der Waals surface area contributed by atoms with E-state index in [1.807, 2.05) is 25.1 Å². The second kappa shape index (κ2) is 10.3. The van der Waals surface area contributed by atoms with Crippen LogP contribution in [0.2, 0.25) is 0 Å². The highest BCUT2D eigenvalue weighted by atomic mass is 19.1. The quantitative estimate of drug-likeness (QED) is 0.441. The van der Waals surface area contributed by atoms with Gasteiger partial charge in [-0.2, -0.15) is 5.26 Å². The number of anilines is 1. The Hall–Kier alpha value is -3.14. The van der Waals surface area contributed by atoms with Crippen molar-refractivity contribution in [2.75, 3.05) is 31.7 Å². The smallest absolute Gasteiger partial charge is 0.306 e.